The summed E-state index contributed by atoms with van der Waals surface area (Å²) < 4.78 is 8.00. The predicted molar refractivity (Wildman–Crippen MR) is 128 cm³/mol. The van der Waals surface area contributed by atoms with Crippen LogP contribution in [-0.4, -0.2) is 25.0 Å². The van der Waals surface area contributed by atoms with Crippen molar-refractivity contribution in [2.45, 2.75) is 24.3 Å². The van der Waals surface area contributed by atoms with Crippen molar-refractivity contribution in [3.8, 4) is 27.8 Å². The quantitative estimate of drug-likeness (QED) is 0.248. The van der Waals surface area contributed by atoms with Gasteiger partial charge in [-0.1, -0.05) is 47.6 Å². The first-order valence-electron chi connectivity index (χ1n) is 9.91. The molecule has 0 unspecified atom stereocenters. The van der Waals surface area contributed by atoms with Gasteiger partial charge in [-0.3, -0.25) is 4.57 Å². The molecule has 5 aromatic rings. The van der Waals surface area contributed by atoms with E-state index in [4.69, 9.17) is 16.0 Å². The molecule has 1 atom stereocenters. The van der Waals surface area contributed by atoms with E-state index in [-0.39, 0.29) is 5.25 Å². The first-order valence-corrected chi connectivity index (χ1v) is 12.0. The van der Waals surface area contributed by atoms with Gasteiger partial charge in [0, 0.05) is 10.6 Å². The Morgan fingerprint density at radius 1 is 0.969 bits per heavy atom. The molecule has 9 heteroatoms. The Bertz CT molecular complexity index is 1350. The standard InChI is InChI=1S/C23H18ClN5OS2/c1-14-6-3-4-7-18(14)29-20(16-9-11-17(24)12-10-16)25-28-23(29)32-15(2)21-26-27-22(30-21)19-8-5-13-31-19/h3-13,15H,1-2H3/t15-/m0/s1. The minimum atomic E-state index is -0.110. The number of aryl methyl sites for hydroxylation is 1. The van der Waals surface area contributed by atoms with Crippen molar-refractivity contribution >= 4 is 34.7 Å². The molecule has 6 nitrogen and oxygen atoms in total. The van der Waals surface area contributed by atoms with Crippen molar-refractivity contribution in [2.24, 2.45) is 0 Å². The second-order valence-electron chi connectivity index (χ2n) is 7.12. The molecule has 32 heavy (non-hydrogen) atoms. The van der Waals surface area contributed by atoms with E-state index in [0.29, 0.717) is 16.8 Å². The molecule has 0 aliphatic carbocycles. The largest absolute Gasteiger partial charge is 0.419 e. The average Bonchev–Trinajstić information content (AvgIpc) is 3.55. The summed E-state index contributed by atoms with van der Waals surface area (Å²) in [6.45, 7) is 4.10. The van der Waals surface area contributed by atoms with Crippen molar-refractivity contribution in [3.63, 3.8) is 0 Å². The molecule has 0 aliphatic rings. The van der Waals surface area contributed by atoms with Gasteiger partial charge in [-0.15, -0.1) is 31.7 Å². The van der Waals surface area contributed by atoms with Crippen LogP contribution in [0.2, 0.25) is 5.02 Å². The van der Waals surface area contributed by atoms with Gasteiger partial charge in [0.1, 0.15) is 0 Å². The van der Waals surface area contributed by atoms with Crippen LogP contribution in [0.5, 0.6) is 0 Å². The number of aromatic nitrogens is 5. The van der Waals surface area contributed by atoms with Crippen molar-refractivity contribution in [2.75, 3.05) is 0 Å². The Kier molecular flexibility index (Phi) is 5.82. The smallest absolute Gasteiger partial charge is 0.257 e. The van der Waals surface area contributed by atoms with E-state index in [1.54, 1.807) is 11.3 Å². The normalized spacial score (nSPS) is 12.2. The van der Waals surface area contributed by atoms with Gasteiger partial charge in [0.2, 0.25) is 5.89 Å². The number of para-hydroxylation sites is 1. The number of rotatable bonds is 6. The molecule has 0 radical (unpaired) electrons. The molecule has 0 fully saturated rings. The number of thioether (sulfide) groups is 1. The number of thiophene rings is 1. The lowest BCUT2D eigenvalue weighted by Gasteiger charge is -2.14. The van der Waals surface area contributed by atoms with Crippen LogP contribution in [0.15, 0.2) is 75.6 Å². The van der Waals surface area contributed by atoms with Crippen molar-refractivity contribution < 1.29 is 4.42 Å². The summed E-state index contributed by atoms with van der Waals surface area (Å²) >= 11 is 9.19. The van der Waals surface area contributed by atoms with Gasteiger partial charge in [-0.25, -0.2) is 0 Å². The number of hydrogen-bond acceptors (Lipinski definition) is 7. The van der Waals surface area contributed by atoms with Crippen molar-refractivity contribution in [3.05, 3.63) is 82.5 Å². The fourth-order valence-corrected chi connectivity index (χ4v) is 4.93. The SMILES string of the molecule is Cc1ccccc1-n1c(S[C@@H](C)c2nnc(-c3cccs3)o2)nnc1-c1ccc(Cl)cc1. The molecule has 3 heterocycles. The molecule has 5 rings (SSSR count). The Morgan fingerprint density at radius 2 is 1.78 bits per heavy atom. The molecule has 0 saturated carbocycles. The minimum absolute atomic E-state index is 0.110. The topological polar surface area (TPSA) is 69.6 Å². The van der Waals surface area contributed by atoms with Crippen LogP contribution < -0.4 is 0 Å². The van der Waals surface area contributed by atoms with Crippen molar-refractivity contribution in [1.29, 1.82) is 0 Å². The Labute approximate surface area is 198 Å². The highest BCUT2D eigenvalue weighted by atomic mass is 35.5. The summed E-state index contributed by atoms with van der Waals surface area (Å²) in [7, 11) is 0. The molecule has 0 saturated heterocycles. The van der Waals surface area contributed by atoms with Gasteiger partial charge in [0.25, 0.3) is 5.89 Å². The van der Waals surface area contributed by atoms with E-state index < -0.39 is 0 Å². The van der Waals surface area contributed by atoms with E-state index in [1.807, 2.05) is 60.8 Å². The lowest BCUT2D eigenvalue weighted by molar-refractivity contribution is 0.510. The molecule has 3 aromatic heterocycles. The maximum atomic E-state index is 6.09. The van der Waals surface area contributed by atoms with Gasteiger partial charge in [0.05, 0.1) is 15.8 Å². The van der Waals surface area contributed by atoms with Gasteiger partial charge in [-0.05, 0) is 61.2 Å². The fraction of sp³-hybridized carbons (Fsp3) is 0.130. The Balaban J connectivity index is 1.52. The van der Waals surface area contributed by atoms with Gasteiger partial charge in [-0.2, -0.15) is 0 Å². The summed E-state index contributed by atoms with van der Waals surface area (Å²) in [5.74, 6) is 1.82. The highest BCUT2D eigenvalue weighted by Gasteiger charge is 2.23. The van der Waals surface area contributed by atoms with E-state index in [9.17, 15) is 0 Å². The Hall–Kier alpha value is -2.94. The third kappa shape index (κ3) is 4.09. The molecule has 0 aliphatic heterocycles. The highest BCUT2D eigenvalue weighted by molar-refractivity contribution is 7.99. The zero-order chi connectivity index (χ0) is 22.1. The van der Waals surface area contributed by atoms with Crippen LogP contribution in [0.25, 0.3) is 27.8 Å². The number of benzene rings is 2. The molecule has 0 N–H and O–H groups in total. The van der Waals surface area contributed by atoms with E-state index >= 15 is 0 Å². The molecule has 160 valence electrons. The molecule has 0 spiro atoms. The third-order valence-corrected chi connectivity index (χ3v) is 7.03. The number of halogens is 1. The van der Waals surface area contributed by atoms with E-state index in [0.717, 1.165) is 32.7 Å². The number of hydrogen-bond donors (Lipinski definition) is 0. The molecular weight excluding hydrogens is 462 g/mol. The molecule has 0 amide bonds. The third-order valence-electron chi connectivity index (χ3n) is 4.89. The lowest BCUT2D eigenvalue weighted by atomic mass is 10.1. The molecule has 0 bridgehead atoms. The molecular formula is C23H18ClN5OS2. The first kappa shape index (κ1) is 20.9. The fourth-order valence-electron chi connectivity index (χ4n) is 3.27. The minimum Gasteiger partial charge on any atom is -0.419 e. The second-order valence-corrected chi connectivity index (χ2v) is 9.81. The summed E-state index contributed by atoms with van der Waals surface area (Å²) in [5.41, 5.74) is 3.07. The summed E-state index contributed by atoms with van der Waals surface area (Å²) in [4.78, 5) is 0.953. The van der Waals surface area contributed by atoms with E-state index in [1.165, 1.54) is 11.8 Å². The van der Waals surface area contributed by atoms with Crippen LogP contribution >= 0.6 is 34.7 Å². The van der Waals surface area contributed by atoms with Crippen LogP contribution in [-0.2, 0) is 0 Å². The summed E-state index contributed by atoms with van der Waals surface area (Å²) in [5, 5.41) is 20.8. The van der Waals surface area contributed by atoms with Crippen LogP contribution in [0.3, 0.4) is 0 Å². The van der Waals surface area contributed by atoms with Gasteiger partial charge in [0.15, 0.2) is 11.0 Å². The number of nitrogens with zero attached hydrogens (tertiary/aromatic N) is 5. The second kappa shape index (κ2) is 8.90. The maximum absolute atomic E-state index is 6.09. The Morgan fingerprint density at radius 3 is 2.53 bits per heavy atom. The van der Waals surface area contributed by atoms with Crippen LogP contribution in [0.4, 0.5) is 0 Å². The average molecular weight is 480 g/mol. The first-order chi connectivity index (χ1) is 15.6. The zero-order valence-electron chi connectivity index (χ0n) is 17.3. The highest BCUT2D eigenvalue weighted by Crippen LogP contribution is 2.38. The van der Waals surface area contributed by atoms with Crippen molar-refractivity contribution in [1.82, 2.24) is 25.0 Å². The molecule has 2 aromatic carbocycles. The lowest BCUT2D eigenvalue weighted by Crippen LogP contribution is -2.02. The summed E-state index contributed by atoms with van der Waals surface area (Å²) in [6.07, 6.45) is 0. The summed E-state index contributed by atoms with van der Waals surface area (Å²) in [6, 6.07) is 19.7. The monoisotopic (exact) mass is 479 g/mol. The van der Waals surface area contributed by atoms with Gasteiger partial charge >= 0.3 is 0 Å². The van der Waals surface area contributed by atoms with Crippen LogP contribution in [0, 0.1) is 6.92 Å². The zero-order valence-corrected chi connectivity index (χ0v) is 19.7. The predicted octanol–water partition coefficient (Wildman–Crippen LogP) is 6.86. The maximum Gasteiger partial charge on any atom is 0.257 e. The van der Waals surface area contributed by atoms with E-state index in [2.05, 4.69) is 44.0 Å². The van der Waals surface area contributed by atoms with Crippen LogP contribution in [0.1, 0.15) is 23.6 Å². The van der Waals surface area contributed by atoms with Gasteiger partial charge < -0.3 is 4.42 Å².